The van der Waals surface area contributed by atoms with Crippen LogP contribution in [0.25, 0.3) is 11.3 Å². The minimum absolute atomic E-state index is 0.509. The van der Waals surface area contributed by atoms with Crippen LogP contribution >= 0.6 is 11.6 Å². The molecular formula is C28H34ClN3O2. The maximum absolute atomic E-state index is 6.71. The fraction of sp³-hybridized carbons (Fsp3) is 0.429. The number of aromatic nitrogens is 2. The first-order valence-electron chi connectivity index (χ1n) is 12.4. The topological polar surface area (TPSA) is 47.5 Å². The van der Waals surface area contributed by atoms with Gasteiger partial charge < -0.3 is 9.47 Å². The van der Waals surface area contributed by atoms with Crippen LogP contribution in [0.15, 0.2) is 48.5 Å². The predicted octanol–water partition coefficient (Wildman–Crippen LogP) is 6.71. The van der Waals surface area contributed by atoms with Gasteiger partial charge in [-0.25, -0.2) is 0 Å². The summed E-state index contributed by atoms with van der Waals surface area (Å²) in [5, 5.41) is 9.42. The average Bonchev–Trinajstić information content (AvgIpc) is 2.88. The fourth-order valence-corrected chi connectivity index (χ4v) is 4.57. The van der Waals surface area contributed by atoms with Crippen molar-refractivity contribution in [1.82, 2.24) is 15.1 Å². The third kappa shape index (κ3) is 6.08. The Hall–Kier alpha value is -2.63. The molecule has 0 N–H and O–H groups in total. The number of hydrogen-bond donors (Lipinski definition) is 0. The van der Waals surface area contributed by atoms with Crippen molar-refractivity contribution in [3.63, 3.8) is 0 Å². The van der Waals surface area contributed by atoms with Crippen molar-refractivity contribution in [2.75, 3.05) is 19.8 Å². The molecule has 0 spiro atoms. The number of unbranched alkanes of at least 4 members (excludes halogenated alkanes) is 2. The number of ether oxygens (including phenoxy) is 2. The van der Waals surface area contributed by atoms with Gasteiger partial charge in [0.15, 0.2) is 16.7 Å². The van der Waals surface area contributed by atoms with Gasteiger partial charge in [-0.05, 0) is 49.1 Å². The van der Waals surface area contributed by atoms with E-state index in [1.807, 2.05) is 24.3 Å². The van der Waals surface area contributed by atoms with Crippen LogP contribution in [0, 0.1) is 0 Å². The molecule has 0 aliphatic carbocycles. The van der Waals surface area contributed by atoms with Crippen LogP contribution in [0.4, 0.5) is 0 Å². The van der Waals surface area contributed by atoms with Crippen LogP contribution in [0.5, 0.6) is 11.5 Å². The maximum atomic E-state index is 6.71. The molecule has 0 unspecified atom stereocenters. The first-order chi connectivity index (χ1) is 16.7. The van der Waals surface area contributed by atoms with Crippen LogP contribution in [-0.2, 0) is 19.5 Å². The van der Waals surface area contributed by atoms with Crippen LogP contribution < -0.4 is 9.47 Å². The summed E-state index contributed by atoms with van der Waals surface area (Å²) >= 11 is 6.71. The Balaban J connectivity index is 1.65. The second-order valence-electron chi connectivity index (χ2n) is 8.81. The lowest BCUT2D eigenvalue weighted by atomic mass is 9.97. The van der Waals surface area contributed by atoms with Crippen molar-refractivity contribution >= 4 is 11.6 Å². The van der Waals surface area contributed by atoms with E-state index in [9.17, 15) is 0 Å². The van der Waals surface area contributed by atoms with E-state index in [1.165, 1.54) is 11.1 Å². The molecule has 1 aliphatic rings. The summed E-state index contributed by atoms with van der Waals surface area (Å²) in [6, 6.07) is 16.6. The van der Waals surface area contributed by atoms with E-state index in [-0.39, 0.29) is 0 Å². The summed E-state index contributed by atoms with van der Waals surface area (Å²) in [6.07, 6.45) is 5.40. The van der Waals surface area contributed by atoms with Crippen LogP contribution in [0.1, 0.15) is 56.2 Å². The SMILES string of the molecule is CCCCc1c(-c2ccccc2)nnc(Cl)c1CN(CCCC)Cc1ccc2c(c1)OCCO2. The van der Waals surface area contributed by atoms with Crippen molar-refractivity contribution in [3.05, 3.63) is 70.4 Å². The van der Waals surface area contributed by atoms with Crippen LogP contribution in [-0.4, -0.2) is 34.9 Å². The minimum Gasteiger partial charge on any atom is -0.486 e. The second kappa shape index (κ2) is 12.2. The third-order valence-electron chi connectivity index (χ3n) is 6.19. The highest BCUT2D eigenvalue weighted by Gasteiger charge is 2.20. The summed E-state index contributed by atoms with van der Waals surface area (Å²) in [6.45, 7) is 8.17. The van der Waals surface area contributed by atoms with E-state index in [0.29, 0.717) is 18.4 Å². The number of rotatable bonds is 11. The Morgan fingerprint density at radius 2 is 1.62 bits per heavy atom. The molecule has 0 amide bonds. The largest absolute Gasteiger partial charge is 0.486 e. The molecule has 4 rings (SSSR count). The molecular weight excluding hydrogens is 446 g/mol. The number of benzene rings is 2. The molecule has 2 heterocycles. The molecule has 0 fully saturated rings. The fourth-order valence-electron chi connectivity index (χ4n) is 4.36. The van der Waals surface area contributed by atoms with Gasteiger partial charge in [0.05, 0.1) is 5.69 Å². The highest BCUT2D eigenvalue weighted by molar-refractivity contribution is 6.30. The van der Waals surface area contributed by atoms with E-state index >= 15 is 0 Å². The Labute approximate surface area is 208 Å². The molecule has 180 valence electrons. The summed E-state index contributed by atoms with van der Waals surface area (Å²) in [5.74, 6) is 1.66. The van der Waals surface area contributed by atoms with E-state index in [1.54, 1.807) is 0 Å². The molecule has 2 aromatic carbocycles. The molecule has 1 aliphatic heterocycles. The first kappa shape index (κ1) is 24.5. The zero-order valence-corrected chi connectivity index (χ0v) is 21.0. The van der Waals surface area contributed by atoms with Gasteiger partial charge in [-0.3, -0.25) is 4.90 Å². The summed E-state index contributed by atoms with van der Waals surface area (Å²) in [7, 11) is 0. The van der Waals surface area contributed by atoms with Crippen molar-refractivity contribution < 1.29 is 9.47 Å². The zero-order valence-electron chi connectivity index (χ0n) is 20.2. The Morgan fingerprint density at radius 1 is 0.853 bits per heavy atom. The van der Waals surface area contributed by atoms with Gasteiger partial charge in [-0.15, -0.1) is 10.2 Å². The van der Waals surface area contributed by atoms with Crippen molar-refractivity contribution in [2.45, 2.75) is 59.0 Å². The molecule has 0 saturated carbocycles. The van der Waals surface area contributed by atoms with Gasteiger partial charge in [0.2, 0.25) is 0 Å². The molecule has 3 aromatic rings. The molecule has 6 heteroatoms. The average molecular weight is 480 g/mol. The van der Waals surface area contributed by atoms with Crippen molar-refractivity contribution in [2.24, 2.45) is 0 Å². The maximum Gasteiger partial charge on any atom is 0.161 e. The van der Waals surface area contributed by atoms with E-state index in [4.69, 9.17) is 21.1 Å². The van der Waals surface area contributed by atoms with Gasteiger partial charge in [0.1, 0.15) is 13.2 Å². The van der Waals surface area contributed by atoms with Crippen molar-refractivity contribution in [3.8, 4) is 22.8 Å². The number of fused-ring (bicyclic) bond motifs is 1. The van der Waals surface area contributed by atoms with Crippen LogP contribution in [0.3, 0.4) is 0 Å². The molecule has 5 nitrogen and oxygen atoms in total. The number of hydrogen-bond acceptors (Lipinski definition) is 5. The molecule has 0 saturated heterocycles. The van der Waals surface area contributed by atoms with Crippen LogP contribution in [0.2, 0.25) is 5.15 Å². The normalized spacial score (nSPS) is 12.8. The Morgan fingerprint density at radius 3 is 2.38 bits per heavy atom. The van der Waals surface area contributed by atoms with Crippen molar-refractivity contribution in [1.29, 1.82) is 0 Å². The lowest BCUT2D eigenvalue weighted by Crippen LogP contribution is -2.25. The first-order valence-corrected chi connectivity index (χ1v) is 12.8. The molecule has 0 atom stereocenters. The monoisotopic (exact) mass is 479 g/mol. The van der Waals surface area contributed by atoms with Gasteiger partial charge in [-0.2, -0.15) is 0 Å². The zero-order chi connectivity index (χ0) is 23.8. The molecule has 0 bridgehead atoms. The van der Waals surface area contributed by atoms with E-state index in [0.717, 1.165) is 80.1 Å². The standard InChI is InChI=1S/C28H34ClN3O2/c1-3-5-12-23-24(28(29)31-30-27(23)22-10-8-7-9-11-22)20-32(15-6-4-2)19-21-13-14-25-26(18-21)34-17-16-33-25/h7-11,13-14,18H,3-6,12,15-17,19-20H2,1-2H3. The van der Waals surface area contributed by atoms with E-state index in [2.05, 4.69) is 53.2 Å². The number of nitrogens with zero attached hydrogens (tertiary/aromatic N) is 3. The third-order valence-corrected chi connectivity index (χ3v) is 6.49. The van der Waals surface area contributed by atoms with Gasteiger partial charge >= 0.3 is 0 Å². The van der Waals surface area contributed by atoms with Gasteiger partial charge in [0.25, 0.3) is 0 Å². The van der Waals surface area contributed by atoms with Gasteiger partial charge in [0, 0.05) is 24.2 Å². The molecule has 34 heavy (non-hydrogen) atoms. The highest BCUT2D eigenvalue weighted by Crippen LogP contribution is 2.33. The number of halogens is 1. The van der Waals surface area contributed by atoms with Gasteiger partial charge in [-0.1, -0.05) is 74.7 Å². The smallest absolute Gasteiger partial charge is 0.161 e. The quantitative estimate of drug-likeness (QED) is 0.305. The van der Waals surface area contributed by atoms with E-state index < -0.39 is 0 Å². The second-order valence-corrected chi connectivity index (χ2v) is 9.17. The Kier molecular flexibility index (Phi) is 8.78. The minimum atomic E-state index is 0.509. The lowest BCUT2D eigenvalue weighted by Gasteiger charge is -2.26. The lowest BCUT2D eigenvalue weighted by molar-refractivity contribution is 0.171. The molecule has 1 aromatic heterocycles. The summed E-state index contributed by atoms with van der Waals surface area (Å²) < 4.78 is 11.5. The predicted molar refractivity (Wildman–Crippen MR) is 138 cm³/mol. The highest BCUT2D eigenvalue weighted by atomic mass is 35.5. The summed E-state index contributed by atoms with van der Waals surface area (Å²) in [5.41, 5.74) is 5.56. The Bertz CT molecular complexity index is 1070. The molecule has 0 radical (unpaired) electrons. The summed E-state index contributed by atoms with van der Waals surface area (Å²) in [4.78, 5) is 2.46.